The largest absolute Gasteiger partial charge is 0.388 e. The van der Waals surface area contributed by atoms with Gasteiger partial charge in [-0.2, -0.15) is 0 Å². The minimum absolute atomic E-state index is 0.255. The van der Waals surface area contributed by atoms with E-state index >= 15 is 0 Å². The summed E-state index contributed by atoms with van der Waals surface area (Å²) in [5, 5.41) is 0.255. The van der Waals surface area contributed by atoms with Crippen LogP contribution in [0.4, 0.5) is 0 Å². The van der Waals surface area contributed by atoms with Gasteiger partial charge in [0, 0.05) is 19.5 Å². The molecule has 10 heavy (non-hydrogen) atoms. The van der Waals surface area contributed by atoms with Gasteiger partial charge in [-0.15, -0.1) is 0 Å². The van der Waals surface area contributed by atoms with Crippen LogP contribution in [0, 0.1) is 0 Å². The lowest BCUT2D eigenvalue weighted by Gasteiger charge is -2.13. The smallest absolute Gasteiger partial charge is 0.304 e. The lowest BCUT2D eigenvalue weighted by Crippen LogP contribution is -1.90. The van der Waals surface area contributed by atoms with Gasteiger partial charge in [0.15, 0.2) is 0 Å². The Balaban J connectivity index is 3.94. The Morgan fingerprint density at radius 1 is 1.30 bits per heavy atom. The predicted molar refractivity (Wildman–Crippen MR) is 44.4 cm³/mol. The Morgan fingerprint density at radius 2 is 1.70 bits per heavy atom. The number of rotatable bonds is 4. The molecule has 0 aliphatic rings. The van der Waals surface area contributed by atoms with Crippen molar-refractivity contribution in [3.8, 4) is 0 Å². The zero-order chi connectivity index (χ0) is 8.20. The van der Waals surface area contributed by atoms with Gasteiger partial charge in [0.2, 0.25) is 0 Å². The standard InChI is InChI=1S/C5H13O3PS/c1-5(2)10-9(6,7-3)8-4/h5H,1-4H3. The Morgan fingerprint density at radius 3 is 1.80 bits per heavy atom. The molecule has 0 amide bonds. The van der Waals surface area contributed by atoms with Crippen LogP contribution >= 0.6 is 18.2 Å². The highest BCUT2D eigenvalue weighted by Gasteiger charge is 2.23. The summed E-state index contributed by atoms with van der Waals surface area (Å²) in [6.07, 6.45) is 0. The molecule has 0 aromatic heterocycles. The van der Waals surface area contributed by atoms with Crippen molar-refractivity contribution in [1.82, 2.24) is 0 Å². The molecule has 62 valence electrons. The molecular formula is C5H13O3PS. The fraction of sp³-hybridized carbons (Fsp3) is 1.00. The molecule has 0 fully saturated rings. The molecular weight excluding hydrogens is 171 g/mol. The van der Waals surface area contributed by atoms with Gasteiger partial charge in [-0.1, -0.05) is 13.8 Å². The van der Waals surface area contributed by atoms with Gasteiger partial charge in [0.05, 0.1) is 0 Å². The molecule has 0 bridgehead atoms. The Hall–Kier alpha value is 0.500. The summed E-state index contributed by atoms with van der Waals surface area (Å²) in [4.78, 5) is 0. The first-order chi connectivity index (χ1) is 4.54. The summed E-state index contributed by atoms with van der Waals surface area (Å²) in [6, 6.07) is 0. The maximum absolute atomic E-state index is 11.3. The first-order valence-corrected chi connectivity index (χ1v) is 5.96. The molecule has 0 saturated carbocycles. The number of hydrogen-bond donors (Lipinski definition) is 0. The van der Waals surface area contributed by atoms with Crippen molar-refractivity contribution < 1.29 is 13.6 Å². The highest BCUT2D eigenvalue weighted by Crippen LogP contribution is 2.60. The minimum Gasteiger partial charge on any atom is -0.304 e. The van der Waals surface area contributed by atoms with E-state index in [1.54, 1.807) is 0 Å². The molecule has 0 atom stereocenters. The van der Waals surface area contributed by atoms with Crippen LogP contribution in [0.1, 0.15) is 13.8 Å². The van der Waals surface area contributed by atoms with Crippen molar-refractivity contribution in [2.24, 2.45) is 0 Å². The molecule has 3 nitrogen and oxygen atoms in total. The third kappa shape index (κ3) is 3.62. The van der Waals surface area contributed by atoms with Crippen molar-refractivity contribution in [2.75, 3.05) is 14.2 Å². The normalized spacial score (nSPS) is 12.5. The monoisotopic (exact) mass is 184 g/mol. The van der Waals surface area contributed by atoms with E-state index in [-0.39, 0.29) is 5.25 Å². The highest BCUT2D eigenvalue weighted by atomic mass is 32.7. The Labute approximate surface area is 65.8 Å². The summed E-state index contributed by atoms with van der Waals surface area (Å²) in [7, 11) is 2.78. The molecule has 0 aromatic rings. The van der Waals surface area contributed by atoms with Crippen LogP contribution in [0.5, 0.6) is 0 Å². The fourth-order valence-corrected chi connectivity index (χ4v) is 3.32. The van der Waals surface area contributed by atoms with Crippen molar-refractivity contribution in [3.63, 3.8) is 0 Å². The quantitative estimate of drug-likeness (QED) is 0.629. The second-order valence-corrected chi connectivity index (χ2v) is 6.72. The molecule has 0 rings (SSSR count). The summed E-state index contributed by atoms with van der Waals surface area (Å²) < 4.78 is 20.7. The maximum atomic E-state index is 11.3. The Bertz CT molecular complexity index is 129. The molecule has 0 aliphatic heterocycles. The summed E-state index contributed by atoms with van der Waals surface area (Å²) in [5.74, 6) is 0. The van der Waals surface area contributed by atoms with Crippen molar-refractivity contribution in [1.29, 1.82) is 0 Å². The third-order valence-corrected chi connectivity index (χ3v) is 5.30. The summed E-state index contributed by atoms with van der Waals surface area (Å²) in [5.41, 5.74) is 0. The zero-order valence-electron chi connectivity index (χ0n) is 6.66. The second kappa shape index (κ2) is 4.39. The average molecular weight is 184 g/mol. The van der Waals surface area contributed by atoms with Gasteiger partial charge in [0.25, 0.3) is 0 Å². The topological polar surface area (TPSA) is 35.5 Å². The summed E-state index contributed by atoms with van der Waals surface area (Å²) >= 11 is 1.21. The van der Waals surface area contributed by atoms with E-state index in [1.165, 1.54) is 25.6 Å². The van der Waals surface area contributed by atoms with E-state index in [0.29, 0.717) is 0 Å². The van der Waals surface area contributed by atoms with E-state index in [4.69, 9.17) is 9.05 Å². The van der Waals surface area contributed by atoms with Gasteiger partial charge in [-0.05, 0) is 11.4 Å². The molecule has 0 spiro atoms. The lowest BCUT2D eigenvalue weighted by atomic mass is 10.6. The minimum atomic E-state index is -2.82. The number of hydrogen-bond acceptors (Lipinski definition) is 4. The van der Waals surface area contributed by atoms with Crippen molar-refractivity contribution >= 4 is 18.2 Å². The SMILES string of the molecule is COP(=O)(OC)SC(C)C. The van der Waals surface area contributed by atoms with Gasteiger partial charge in [-0.3, -0.25) is 0 Å². The summed E-state index contributed by atoms with van der Waals surface area (Å²) in [6.45, 7) is 1.06. The molecule has 0 unspecified atom stereocenters. The fourth-order valence-electron chi connectivity index (χ4n) is 0.419. The van der Waals surface area contributed by atoms with Crippen LogP contribution < -0.4 is 0 Å². The van der Waals surface area contributed by atoms with Gasteiger partial charge in [0.1, 0.15) is 0 Å². The zero-order valence-corrected chi connectivity index (χ0v) is 8.37. The molecule has 0 saturated heterocycles. The van der Waals surface area contributed by atoms with Crippen LogP contribution in [-0.2, 0) is 13.6 Å². The highest BCUT2D eigenvalue weighted by molar-refractivity contribution is 8.55. The molecule has 0 radical (unpaired) electrons. The van der Waals surface area contributed by atoms with Crippen LogP contribution in [0.2, 0.25) is 0 Å². The first kappa shape index (κ1) is 10.5. The van der Waals surface area contributed by atoms with Crippen LogP contribution in [-0.4, -0.2) is 19.5 Å². The van der Waals surface area contributed by atoms with Crippen LogP contribution in [0.15, 0.2) is 0 Å². The maximum Gasteiger partial charge on any atom is 0.388 e. The second-order valence-electron chi connectivity index (χ2n) is 1.97. The molecule has 0 N–H and O–H groups in total. The predicted octanol–water partition coefficient (Wildman–Crippen LogP) is 2.53. The van der Waals surface area contributed by atoms with Gasteiger partial charge in [-0.25, -0.2) is 4.57 Å². The van der Waals surface area contributed by atoms with E-state index in [2.05, 4.69) is 0 Å². The molecule has 0 aromatic carbocycles. The molecule has 0 heterocycles. The Kier molecular flexibility index (Phi) is 4.61. The van der Waals surface area contributed by atoms with E-state index in [1.807, 2.05) is 13.8 Å². The van der Waals surface area contributed by atoms with Crippen LogP contribution in [0.3, 0.4) is 0 Å². The van der Waals surface area contributed by atoms with E-state index in [0.717, 1.165) is 0 Å². The van der Waals surface area contributed by atoms with Crippen LogP contribution in [0.25, 0.3) is 0 Å². The van der Waals surface area contributed by atoms with E-state index < -0.39 is 6.80 Å². The van der Waals surface area contributed by atoms with Crippen molar-refractivity contribution in [3.05, 3.63) is 0 Å². The van der Waals surface area contributed by atoms with Gasteiger partial charge < -0.3 is 9.05 Å². The van der Waals surface area contributed by atoms with E-state index in [9.17, 15) is 4.57 Å². The first-order valence-electron chi connectivity index (χ1n) is 2.94. The van der Waals surface area contributed by atoms with Crippen molar-refractivity contribution in [2.45, 2.75) is 19.1 Å². The third-order valence-electron chi connectivity index (χ3n) is 0.787. The average Bonchev–Trinajstić information content (AvgIpc) is 1.87. The molecule has 0 aliphatic carbocycles. The lowest BCUT2D eigenvalue weighted by molar-refractivity contribution is 0.295. The molecule has 5 heteroatoms. The van der Waals surface area contributed by atoms with Gasteiger partial charge >= 0.3 is 6.80 Å².